The number of halogens is 1. The van der Waals surface area contributed by atoms with Crippen LogP contribution in [0.25, 0.3) is 66.8 Å². The fourth-order valence-corrected chi connectivity index (χ4v) is 23.2. The topological polar surface area (TPSA) is 0 Å². The molecule has 0 amide bonds. The largest absolute Gasteiger partial charge is 1.00 e. The van der Waals surface area contributed by atoms with Gasteiger partial charge in [0.05, 0.1) is 16.2 Å². The standard InChI is InChI=1S/C62H40Si.C25H15Br.C4H9.Li/c1-3-19-41(20-4-1)63(42-21-5-2-6-22-42,43-35-37-51-49-27-11-17-33-57(49)61(59(51)39-43)53-29-13-7-23-45(53)46-24-8-14-30-54(46)61)44-36-38-52-50-28-12-18-34-58(50)62(60(52)40-44)55-31-15-9-25-47(55)48-26-10-16-32-56(48)62;26-16-13-14-20-19-9-3-6-12-23(19)25(24(20)15-16)21-10-4-1-7-17(21)18-8-2-5-11-22(18)25;1-3-4-2;/h1-40H;1-15H;1,3-4H2,2H3;/q;;-1;+1. The molecule has 14 aromatic rings. The monoisotopic (exact) mass is 1270 g/mol. The maximum Gasteiger partial charge on any atom is 1.00 e. The van der Waals surface area contributed by atoms with E-state index in [1.54, 1.807) is 0 Å². The third-order valence-corrected chi connectivity index (χ3v) is 26.8. The summed E-state index contributed by atoms with van der Waals surface area (Å²) in [7, 11) is -3.09. The van der Waals surface area contributed by atoms with Gasteiger partial charge in [0.2, 0.25) is 0 Å². The second-order valence-electron chi connectivity index (χ2n) is 25.7. The summed E-state index contributed by atoms with van der Waals surface area (Å²) in [6.45, 7) is 5.72. The molecule has 0 unspecified atom stereocenters. The van der Waals surface area contributed by atoms with Crippen molar-refractivity contribution in [3.05, 3.63) is 412 Å². The molecule has 0 atom stereocenters. The minimum atomic E-state index is -3.09. The summed E-state index contributed by atoms with van der Waals surface area (Å²) in [6, 6.07) is 127. The van der Waals surface area contributed by atoms with Crippen molar-refractivity contribution in [1.29, 1.82) is 0 Å². The quantitative estimate of drug-likeness (QED) is 0.0915. The van der Waals surface area contributed by atoms with Crippen LogP contribution >= 0.6 is 15.9 Å². The first-order chi connectivity index (χ1) is 46.0. The molecule has 0 aromatic heterocycles. The number of unbranched alkanes of at least 4 members (excludes halogenated alkanes) is 1. The third-order valence-electron chi connectivity index (χ3n) is 21.6. The van der Waals surface area contributed by atoms with Crippen LogP contribution in [0.1, 0.15) is 86.5 Å². The second-order valence-corrected chi connectivity index (χ2v) is 30.4. The Hall–Kier alpha value is -9.63. The molecular formula is C91H64BrLiSi. The van der Waals surface area contributed by atoms with Crippen LogP contribution in [0.5, 0.6) is 0 Å². The molecule has 0 radical (unpaired) electrons. The van der Waals surface area contributed by atoms with E-state index < -0.39 is 18.9 Å². The van der Waals surface area contributed by atoms with E-state index in [4.69, 9.17) is 0 Å². The molecule has 0 saturated carbocycles. The maximum absolute atomic E-state index is 3.72. The number of rotatable bonds is 5. The fraction of sp³-hybridized carbons (Fsp3) is 0.0659. The summed E-state index contributed by atoms with van der Waals surface area (Å²) in [6.07, 6.45) is 2.28. The van der Waals surface area contributed by atoms with E-state index >= 15 is 0 Å². The van der Waals surface area contributed by atoms with E-state index in [9.17, 15) is 0 Å². The minimum absolute atomic E-state index is 0. The summed E-state index contributed by atoms with van der Waals surface area (Å²) in [5, 5.41) is 5.54. The van der Waals surface area contributed by atoms with Gasteiger partial charge in [-0.25, -0.2) is 0 Å². The van der Waals surface area contributed by atoms with Crippen molar-refractivity contribution in [3.8, 4) is 66.8 Å². The SMILES string of the molecule is Brc1ccc2c(c1)C1(c3ccccc3-c3ccccc31)c1ccccc1-2.[CH2-]CCC.[Li+].c1ccc([Si](c2ccccc2)(c2ccc3c(c2)C2(c4ccccc4-c4ccccc42)c2ccccc2-3)c2ccc3c(c2)C2(c4ccccc4-c4ccccc42)c2ccccc2-3)cc1. The molecule has 0 saturated heterocycles. The fourth-order valence-electron chi connectivity index (χ4n) is 18.1. The smallest absolute Gasteiger partial charge is 0.343 e. The van der Waals surface area contributed by atoms with Crippen molar-refractivity contribution in [2.24, 2.45) is 0 Å². The van der Waals surface area contributed by atoms with Crippen LogP contribution in [0, 0.1) is 6.92 Å². The average molecular weight is 1270 g/mol. The zero-order valence-corrected chi connectivity index (χ0v) is 55.3. The van der Waals surface area contributed by atoms with E-state index in [1.165, 1.54) is 161 Å². The molecule has 0 nitrogen and oxygen atoms in total. The summed E-state index contributed by atoms with van der Waals surface area (Å²) in [5.41, 5.74) is 31.5. The number of hydrogen-bond acceptors (Lipinski definition) is 0. The Kier molecular flexibility index (Phi) is 14.0. The predicted octanol–water partition coefficient (Wildman–Crippen LogP) is 17.2. The Morgan fingerprint density at radius 3 is 0.691 bits per heavy atom. The Bertz CT molecular complexity index is 4920. The van der Waals surface area contributed by atoms with Crippen molar-refractivity contribution >= 4 is 44.8 Å². The van der Waals surface area contributed by atoms with Crippen molar-refractivity contribution in [2.75, 3.05) is 0 Å². The molecule has 0 fully saturated rings. The number of hydrogen-bond donors (Lipinski definition) is 0. The third kappa shape index (κ3) is 7.75. The van der Waals surface area contributed by atoms with E-state index in [0.29, 0.717) is 0 Å². The van der Waals surface area contributed by atoms with Gasteiger partial charge in [0.1, 0.15) is 0 Å². The summed E-state index contributed by atoms with van der Waals surface area (Å²) >= 11 is 3.72. The van der Waals surface area contributed by atoms with Gasteiger partial charge in [-0.1, -0.05) is 351 Å². The van der Waals surface area contributed by atoms with Gasteiger partial charge in [-0.05, 0) is 166 Å². The number of benzene rings is 14. The predicted molar refractivity (Wildman–Crippen MR) is 393 cm³/mol. The van der Waals surface area contributed by atoms with Gasteiger partial charge < -0.3 is 6.92 Å². The minimum Gasteiger partial charge on any atom is -0.343 e. The molecule has 20 rings (SSSR count). The molecule has 14 aromatic carbocycles. The van der Waals surface area contributed by atoms with Gasteiger partial charge in [0.25, 0.3) is 0 Å². The summed E-state index contributed by atoms with van der Waals surface area (Å²) in [4.78, 5) is 0. The molecule has 440 valence electrons. The van der Waals surface area contributed by atoms with Crippen molar-refractivity contribution in [2.45, 2.75) is 36.0 Å². The van der Waals surface area contributed by atoms with Gasteiger partial charge in [-0.15, -0.1) is 0 Å². The molecule has 3 heteroatoms. The molecule has 0 aliphatic heterocycles. The van der Waals surface area contributed by atoms with E-state index in [0.717, 1.165) is 10.9 Å². The van der Waals surface area contributed by atoms with Crippen molar-refractivity contribution in [3.63, 3.8) is 0 Å². The van der Waals surface area contributed by atoms with Gasteiger partial charge in [0, 0.05) is 4.47 Å². The van der Waals surface area contributed by atoms with Crippen molar-refractivity contribution < 1.29 is 18.9 Å². The number of fused-ring (bicyclic) bond motifs is 30. The van der Waals surface area contributed by atoms with Crippen LogP contribution < -0.4 is 39.6 Å². The van der Waals surface area contributed by atoms with Crippen LogP contribution in [0.2, 0.25) is 0 Å². The van der Waals surface area contributed by atoms with Gasteiger partial charge in [0.15, 0.2) is 8.07 Å². The molecular weight excluding hydrogens is 1210 g/mol. The Morgan fingerprint density at radius 1 is 0.245 bits per heavy atom. The molecule has 6 aliphatic carbocycles. The Labute approximate surface area is 573 Å². The first kappa shape index (κ1) is 58.2. The zero-order chi connectivity index (χ0) is 62.0. The van der Waals surface area contributed by atoms with E-state index in [1.807, 2.05) is 0 Å². The van der Waals surface area contributed by atoms with Gasteiger partial charge in [-0.2, -0.15) is 6.42 Å². The first-order valence-electron chi connectivity index (χ1n) is 32.9. The molecule has 0 heterocycles. The second kappa shape index (κ2) is 22.6. The van der Waals surface area contributed by atoms with E-state index in [-0.39, 0.29) is 24.3 Å². The van der Waals surface area contributed by atoms with Gasteiger partial charge >= 0.3 is 18.9 Å². The Balaban J connectivity index is 0.000000180. The average Bonchev–Trinajstić information content (AvgIpc) is 1.51. The summed E-state index contributed by atoms with van der Waals surface area (Å²) in [5.74, 6) is 0. The van der Waals surface area contributed by atoms with E-state index in [2.05, 4.69) is 363 Å². The van der Waals surface area contributed by atoms with Gasteiger partial charge in [-0.3, -0.25) is 0 Å². The zero-order valence-electron chi connectivity index (χ0n) is 52.8. The first-order valence-corrected chi connectivity index (χ1v) is 35.7. The van der Waals surface area contributed by atoms with Crippen LogP contribution in [0.4, 0.5) is 0 Å². The molecule has 0 bridgehead atoms. The van der Waals surface area contributed by atoms with Crippen molar-refractivity contribution in [1.82, 2.24) is 0 Å². The van der Waals surface area contributed by atoms with Crippen LogP contribution in [-0.4, -0.2) is 8.07 Å². The molecule has 94 heavy (non-hydrogen) atoms. The molecule has 6 aliphatic rings. The van der Waals surface area contributed by atoms with Crippen LogP contribution in [0.3, 0.4) is 0 Å². The van der Waals surface area contributed by atoms with Crippen LogP contribution in [0.15, 0.2) is 338 Å². The summed E-state index contributed by atoms with van der Waals surface area (Å²) < 4.78 is 1.13. The normalized spacial score (nSPS) is 14.2. The molecule has 0 N–H and O–H groups in total. The Morgan fingerprint density at radius 2 is 0.447 bits per heavy atom. The molecule has 3 spiro atoms. The van der Waals surface area contributed by atoms with Crippen LogP contribution in [-0.2, 0) is 16.2 Å². The maximum atomic E-state index is 3.72.